The number of rotatable bonds is 5. The predicted octanol–water partition coefficient (Wildman–Crippen LogP) is 5.12. The van der Waals surface area contributed by atoms with Gasteiger partial charge in [0.05, 0.1) is 17.5 Å². The standard InChI is InChI=1S/C20H20F3N3OS/c1-12-4-5-16(13(2)8-12)14(3)24-19(27)17-9-15(11-28-17)10-26-7-6-18(25-26)20(21,22)23/h4-9,11,14H,10H2,1-3H3,(H,24,27). The normalized spacial score (nSPS) is 12.8. The lowest BCUT2D eigenvalue weighted by Gasteiger charge is -2.16. The van der Waals surface area contributed by atoms with E-state index in [9.17, 15) is 18.0 Å². The molecule has 28 heavy (non-hydrogen) atoms. The van der Waals surface area contributed by atoms with Crippen LogP contribution in [0.2, 0.25) is 0 Å². The van der Waals surface area contributed by atoms with Crippen LogP contribution in [0.4, 0.5) is 13.2 Å². The number of halogens is 3. The predicted molar refractivity (Wildman–Crippen MR) is 102 cm³/mol. The Kier molecular flexibility index (Phi) is 5.60. The fraction of sp³-hybridized carbons (Fsp3) is 0.300. The summed E-state index contributed by atoms with van der Waals surface area (Å²) in [5.41, 5.74) is 3.12. The summed E-state index contributed by atoms with van der Waals surface area (Å²) in [5.74, 6) is -0.208. The van der Waals surface area contributed by atoms with Crippen molar-refractivity contribution in [3.05, 3.63) is 74.7 Å². The zero-order valence-corrected chi connectivity index (χ0v) is 16.5. The minimum Gasteiger partial charge on any atom is -0.345 e. The molecule has 0 aliphatic heterocycles. The van der Waals surface area contributed by atoms with E-state index in [-0.39, 0.29) is 18.5 Å². The number of carbonyl (C=O) groups excluding carboxylic acids is 1. The molecule has 0 aliphatic rings. The maximum atomic E-state index is 12.6. The van der Waals surface area contributed by atoms with Crippen LogP contribution in [0, 0.1) is 13.8 Å². The molecule has 8 heteroatoms. The summed E-state index contributed by atoms with van der Waals surface area (Å²) >= 11 is 1.26. The van der Waals surface area contributed by atoms with Gasteiger partial charge in [0.2, 0.25) is 0 Å². The summed E-state index contributed by atoms with van der Waals surface area (Å²) in [4.78, 5) is 13.0. The third-order valence-corrected chi connectivity index (χ3v) is 5.37. The quantitative estimate of drug-likeness (QED) is 0.638. The van der Waals surface area contributed by atoms with Crippen molar-refractivity contribution in [3.8, 4) is 0 Å². The first-order valence-corrected chi connectivity index (χ1v) is 9.57. The van der Waals surface area contributed by atoms with Crippen molar-refractivity contribution in [1.82, 2.24) is 15.1 Å². The highest BCUT2D eigenvalue weighted by atomic mass is 32.1. The maximum Gasteiger partial charge on any atom is 0.435 e. The minimum atomic E-state index is -4.46. The average Bonchev–Trinajstić information content (AvgIpc) is 3.24. The van der Waals surface area contributed by atoms with Crippen LogP contribution in [0.25, 0.3) is 0 Å². The summed E-state index contributed by atoms with van der Waals surface area (Å²) in [6, 6.07) is 8.55. The second-order valence-corrected chi connectivity index (χ2v) is 7.68. The van der Waals surface area contributed by atoms with Gasteiger partial charge in [-0.2, -0.15) is 18.3 Å². The van der Waals surface area contributed by atoms with E-state index in [1.165, 1.54) is 22.2 Å². The first kappa shape index (κ1) is 20.1. The molecular weight excluding hydrogens is 387 g/mol. The number of hydrogen-bond acceptors (Lipinski definition) is 3. The summed E-state index contributed by atoms with van der Waals surface area (Å²) < 4.78 is 39.1. The third-order valence-electron chi connectivity index (χ3n) is 4.39. The monoisotopic (exact) mass is 407 g/mol. The molecule has 0 saturated carbocycles. The minimum absolute atomic E-state index is 0.154. The summed E-state index contributed by atoms with van der Waals surface area (Å²) in [6.45, 7) is 6.12. The van der Waals surface area contributed by atoms with Crippen LogP contribution in [-0.2, 0) is 12.7 Å². The Morgan fingerprint density at radius 1 is 1.25 bits per heavy atom. The molecule has 0 fully saturated rings. The topological polar surface area (TPSA) is 46.9 Å². The Hall–Kier alpha value is -2.61. The van der Waals surface area contributed by atoms with Gasteiger partial charge in [-0.25, -0.2) is 0 Å². The van der Waals surface area contributed by atoms with Gasteiger partial charge < -0.3 is 5.32 Å². The number of benzene rings is 1. The summed E-state index contributed by atoms with van der Waals surface area (Å²) in [6.07, 6.45) is -3.18. The zero-order chi connectivity index (χ0) is 20.5. The number of nitrogens with zero attached hydrogens (tertiary/aromatic N) is 2. The number of carbonyl (C=O) groups is 1. The zero-order valence-electron chi connectivity index (χ0n) is 15.7. The first-order valence-electron chi connectivity index (χ1n) is 8.69. The van der Waals surface area contributed by atoms with Gasteiger partial charge in [-0.3, -0.25) is 9.48 Å². The molecule has 4 nitrogen and oxygen atoms in total. The number of thiophene rings is 1. The van der Waals surface area contributed by atoms with Gasteiger partial charge in [-0.1, -0.05) is 23.8 Å². The van der Waals surface area contributed by atoms with Crippen LogP contribution in [0.5, 0.6) is 0 Å². The van der Waals surface area contributed by atoms with Crippen LogP contribution in [0.3, 0.4) is 0 Å². The van der Waals surface area contributed by atoms with E-state index < -0.39 is 11.9 Å². The molecule has 2 heterocycles. The van der Waals surface area contributed by atoms with Crippen molar-refractivity contribution in [3.63, 3.8) is 0 Å². The van der Waals surface area contributed by atoms with Gasteiger partial charge in [0, 0.05) is 6.20 Å². The Balaban J connectivity index is 1.66. The SMILES string of the molecule is Cc1ccc(C(C)NC(=O)c2cc(Cn3ccc(C(F)(F)F)n3)cs2)c(C)c1. The van der Waals surface area contributed by atoms with Crippen molar-refractivity contribution in [1.29, 1.82) is 0 Å². The number of amides is 1. The molecule has 0 saturated heterocycles. The highest BCUT2D eigenvalue weighted by Crippen LogP contribution is 2.27. The van der Waals surface area contributed by atoms with Gasteiger partial charge in [-0.05, 0) is 55.0 Å². The molecule has 1 aromatic carbocycles. The average molecular weight is 407 g/mol. The number of hydrogen-bond donors (Lipinski definition) is 1. The van der Waals surface area contributed by atoms with Gasteiger partial charge >= 0.3 is 6.18 Å². The molecule has 1 N–H and O–H groups in total. The smallest absolute Gasteiger partial charge is 0.345 e. The Bertz CT molecular complexity index is 991. The van der Waals surface area contributed by atoms with Crippen LogP contribution in [-0.4, -0.2) is 15.7 Å². The van der Waals surface area contributed by atoms with Gasteiger partial charge in [0.1, 0.15) is 0 Å². The number of alkyl halides is 3. The van der Waals surface area contributed by atoms with E-state index >= 15 is 0 Å². The Morgan fingerprint density at radius 2 is 2.00 bits per heavy atom. The number of nitrogens with one attached hydrogen (secondary N) is 1. The molecule has 0 bridgehead atoms. The van der Waals surface area contributed by atoms with Crippen LogP contribution in [0.15, 0.2) is 41.9 Å². The van der Waals surface area contributed by atoms with E-state index in [1.807, 2.05) is 32.9 Å². The lowest BCUT2D eigenvalue weighted by atomic mass is 10.0. The molecule has 3 rings (SSSR count). The molecule has 2 aromatic heterocycles. The molecule has 148 valence electrons. The van der Waals surface area contributed by atoms with E-state index in [2.05, 4.69) is 16.5 Å². The molecule has 1 atom stereocenters. The molecule has 1 unspecified atom stereocenters. The Morgan fingerprint density at radius 3 is 2.64 bits per heavy atom. The Labute approximate surface area is 165 Å². The third kappa shape index (κ3) is 4.62. The summed E-state index contributed by atoms with van der Waals surface area (Å²) in [5, 5.41) is 8.26. The second-order valence-electron chi connectivity index (χ2n) is 6.77. The largest absolute Gasteiger partial charge is 0.435 e. The highest BCUT2D eigenvalue weighted by Gasteiger charge is 2.33. The van der Waals surface area contributed by atoms with Crippen LogP contribution < -0.4 is 5.32 Å². The fourth-order valence-electron chi connectivity index (χ4n) is 3.02. The maximum absolute atomic E-state index is 12.6. The lowest BCUT2D eigenvalue weighted by molar-refractivity contribution is -0.141. The molecule has 0 radical (unpaired) electrons. The van der Waals surface area contributed by atoms with E-state index in [1.54, 1.807) is 11.4 Å². The van der Waals surface area contributed by atoms with E-state index in [4.69, 9.17) is 0 Å². The van der Waals surface area contributed by atoms with Crippen molar-refractivity contribution >= 4 is 17.2 Å². The van der Waals surface area contributed by atoms with Gasteiger partial charge in [0.15, 0.2) is 5.69 Å². The number of aromatic nitrogens is 2. The number of aryl methyl sites for hydroxylation is 2. The molecule has 1 amide bonds. The second kappa shape index (κ2) is 7.79. The van der Waals surface area contributed by atoms with E-state index in [0.29, 0.717) is 4.88 Å². The molecule has 3 aromatic rings. The van der Waals surface area contributed by atoms with Crippen molar-refractivity contribution in [2.75, 3.05) is 0 Å². The van der Waals surface area contributed by atoms with Crippen LogP contribution >= 0.6 is 11.3 Å². The molecule has 0 aliphatic carbocycles. The van der Waals surface area contributed by atoms with Crippen molar-refractivity contribution in [2.45, 2.75) is 39.5 Å². The van der Waals surface area contributed by atoms with Gasteiger partial charge in [0.25, 0.3) is 5.91 Å². The van der Waals surface area contributed by atoms with Gasteiger partial charge in [-0.15, -0.1) is 11.3 Å². The molecule has 0 spiro atoms. The van der Waals surface area contributed by atoms with Crippen molar-refractivity contribution in [2.24, 2.45) is 0 Å². The van der Waals surface area contributed by atoms with Crippen LogP contribution in [0.1, 0.15) is 50.6 Å². The first-order chi connectivity index (χ1) is 13.1. The summed E-state index contributed by atoms with van der Waals surface area (Å²) in [7, 11) is 0. The lowest BCUT2D eigenvalue weighted by Crippen LogP contribution is -2.26. The van der Waals surface area contributed by atoms with Crippen molar-refractivity contribution < 1.29 is 18.0 Å². The molecular formula is C20H20F3N3OS. The highest BCUT2D eigenvalue weighted by molar-refractivity contribution is 7.12. The fourth-order valence-corrected chi connectivity index (χ4v) is 3.83. The van der Waals surface area contributed by atoms with E-state index in [0.717, 1.165) is 28.3 Å².